The Morgan fingerprint density at radius 1 is 1.32 bits per heavy atom. The average Bonchev–Trinajstić information content (AvgIpc) is 2.95. The molecular weight excluding hydrogens is 284 g/mol. The predicted molar refractivity (Wildman–Crippen MR) is 83.7 cm³/mol. The van der Waals surface area contributed by atoms with E-state index in [1.807, 2.05) is 6.92 Å². The van der Waals surface area contributed by atoms with Gasteiger partial charge in [-0.2, -0.15) is 4.98 Å². The van der Waals surface area contributed by atoms with Gasteiger partial charge in [0.25, 0.3) is 0 Å². The molecule has 2 rings (SSSR count). The van der Waals surface area contributed by atoms with Gasteiger partial charge in [0.1, 0.15) is 6.54 Å². The number of nitrogens with zero attached hydrogens (tertiary/aromatic N) is 4. The highest BCUT2D eigenvalue weighted by molar-refractivity contribution is 5.79. The molecule has 0 atom stereocenters. The summed E-state index contributed by atoms with van der Waals surface area (Å²) in [6.07, 6.45) is 1.07. The summed E-state index contributed by atoms with van der Waals surface area (Å²) >= 11 is 0. The smallest absolute Gasteiger partial charge is 0.248 e. The van der Waals surface area contributed by atoms with Gasteiger partial charge in [0.15, 0.2) is 11.8 Å². The molecule has 0 spiro atoms. The van der Waals surface area contributed by atoms with E-state index in [2.05, 4.69) is 30.7 Å². The first-order valence-electron chi connectivity index (χ1n) is 7.89. The standard InChI is InChI=1S/C14H26N6O2/c1-3-15-14(17-11-13-18-12(2)19-22-13)16-5-4-6-20-7-9-21-10-8-20/h3-11H2,1-2H3,(H2,15,16,17). The zero-order valence-corrected chi connectivity index (χ0v) is 13.5. The minimum Gasteiger partial charge on any atom is -0.379 e. The summed E-state index contributed by atoms with van der Waals surface area (Å²) in [5.41, 5.74) is 0. The van der Waals surface area contributed by atoms with Crippen molar-refractivity contribution < 1.29 is 9.26 Å². The second kappa shape index (κ2) is 9.37. The van der Waals surface area contributed by atoms with Crippen molar-refractivity contribution in [2.45, 2.75) is 26.8 Å². The largest absolute Gasteiger partial charge is 0.379 e. The van der Waals surface area contributed by atoms with Gasteiger partial charge in [-0.3, -0.25) is 4.90 Å². The number of guanidine groups is 1. The van der Waals surface area contributed by atoms with Gasteiger partial charge in [-0.05, 0) is 26.8 Å². The minimum absolute atomic E-state index is 0.389. The van der Waals surface area contributed by atoms with Crippen molar-refractivity contribution in [1.29, 1.82) is 0 Å². The van der Waals surface area contributed by atoms with Gasteiger partial charge in [-0.15, -0.1) is 0 Å². The molecule has 0 aromatic carbocycles. The van der Waals surface area contributed by atoms with Crippen LogP contribution in [-0.4, -0.2) is 66.9 Å². The van der Waals surface area contributed by atoms with Crippen molar-refractivity contribution >= 4 is 5.96 Å². The van der Waals surface area contributed by atoms with Crippen LogP contribution in [0.25, 0.3) is 0 Å². The van der Waals surface area contributed by atoms with Gasteiger partial charge in [0, 0.05) is 26.2 Å². The number of aryl methyl sites for hydroxylation is 1. The number of hydrogen-bond donors (Lipinski definition) is 2. The maximum atomic E-state index is 5.35. The first-order chi connectivity index (χ1) is 10.8. The van der Waals surface area contributed by atoms with E-state index in [1.165, 1.54) is 0 Å². The Hall–Kier alpha value is -1.67. The summed E-state index contributed by atoms with van der Waals surface area (Å²) in [4.78, 5) is 11.0. The molecule has 1 aromatic heterocycles. The fourth-order valence-electron chi connectivity index (χ4n) is 2.23. The summed E-state index contributed by atoms with van der Waals surface area (Å²) in [6.45, 7) is 10.8. The van der Waals surface area contributed by atoms with Crippen molar-refractivity contribution in [3.8, 4) is 0 Å². The molecule has 1 fully saturated rings. The maximum Gasteiger partial charge on any atom is 0.248 e. The molecule has 0 radical (unpaired) electrons. The molecule has 0 bridgehead atoms. The molecule has 1 aliphatic rings. The van der Waals surface area contributed by atoms with E-state index in [0.29, 0.717) is 18.3 Å². The Bertz CT molecular complexity index is 456. The van der Waals surface area contributed by atoms with Crippen LogP contribution in [-0.2, 0) is 11.3 Å². The summed E-state index contributed by atoms with van der Waals surface area (Å²) in [7, 11) is 0. The summed E-state index contributed by atoms with van der Waals surface area (Å²) in [5, 5.41) is 10.3. The lowest BCUT2D eigenvalue weighted by Crippen LogP contribution is -2.40. The molecule has 2 heterocycles. The number of nitrogens with one attached hydrogen (secondary N) is 2. The van der Waals surface area contributed by atoms with Gasteiger partial charge in [0.05, 0.1) is 13.2 Å². The molecule has 1 aromatic rings. The highest BCUT2D eigenvalue weighted by atomic mass is 16.5. The molecule has 0 unspecified atom stereocenters. The lowest BCUT2D eigenvalue weighted by Gasteiger charge is -2.26. The van der Waals surface area contributed by atoms with E-state index >= 15 is 0 Å². The summed E-state index contributed by atoms with van der Waals surface area (Å²) < 4.78 is 10.4. The molecule has 0 amide bonds. The Balaban J connectivity index is 1.68. The van der Waals surface area contributed by atoms with Gasteiger partial charge in [-0.1, -0.05) is 5.16 Å². The molecule has 124 valence electrons. The average molecular weight is 310 g/mol. The van der Waals surface area contributed by atoms with Crippen LogP contribution in [0, 0.1) is 6.92 Å². The Morgan fingerprint density at radius 2 is 2.14 bits per heavy atom. The Morgan fingerprint density at radius 3 is 2.82 bits per heavy atom. The normalized spacial score (nSPS) is 16.7. The first-order valence-corrected chi connectivity index (χ1v) is 7.89. The number of ether oxygens (including phenoxy) is 1. The van der Waals surface area contributed by atoms with E-state index in [-0.39, 0.29) is 0 Å². The van der Waals surface area contributed by atoms with Gasteiger partial charge in [-0.25, -0.2) is 4.99 Å². The minimum atomic E-state index is 0.389. The van der Waals surface area contributed by atoms with Crippen LogP contribution >= 0.6 is 0 Å². The zero-order valence-electron chi connectivity index (χ0n) is 13.5. The molecule has 0 aliphatic carbocycles. The van der Waals surface area contributed by atoms with Gasteiger partial charge in [0.2, 0.25) is 5.89 Å². The Kier molecular flexibility index (Phi) is 7.11. The fraction of sp³-hybridized carbons (Fsp3) is 0.786. The van der Waals surface area contributed by atoms with Crippen molar-refractivity contribution in [3.63, 3.8) is 0 Å². The predicted octanol–water partition coefficient (Wildman–Crippen LogP) is 0.155. The van der Waals surface area contributed by atoms with E-state index in [1.54, 1.807) is 6.92 Å². The SMILES string of the molecule is CCNC(=NCc1nc(C)no1)NCCCN1CCOCC1. The molecule has 22 heavy (non-hydrogen) atoms. The van der Waals surface area contributed by atoms with Crippen LogP contribution in [0.3, 0.4) is 0 Å². The maximum absolute atomic E-state index is 5.35. The number of aliphatic imine (C=N–C) groups is 1. The third-order valence-corrected chi connectivity index (χ3v) is 3.33. The molecule has 0 saturated carbocycles. The van der Waals surface area contributed by atoms with Crippen molar-refractivity contribution in [3.05, 3.63) is 11.7 Å². The van der Waals surface area contributed by atoms with Crippen LogP contribution in [0.1, 0.15) is 25.1 Å². The number of aromatic nitrogens is 2. The van der Waals surface area contributed by atoms with Gasteiger partial charge < -0.3 is 19.9 Å². The van der Waals surface area contributed by atoms with E-state index in [4.69, 9.17) is 9.26 Å². The lowest BCUT2D eigenvalue weighted by molar-refractivity contribution is 0.0376. The van der Waals surface area contributed by atoms with Crippen LogP contribution in [0.4, 0.5) is 0 Å². The number of rotatable bonds is 7. The highest BCUT2D eigenvalue weighted by Gasteiger charge is 2.09. The first kappa shape index (κ1) is 16.7. The Labute approximate surface area is 131 Å². The topological polar surface area (TPSA) is 87.8 Å². The molecule has 1 saturated heterocycles. The van der Waals surface area contributed by atoms with E-state index in [9.17, 15) is 0 Å². The fourth-order valence-corrected chi connectivity index (χ4v) is 2.23. The number of hydrogen-bond acceptors (Lipinski definition) is 6. The molecule has 8 nitrogen and oxygen atoms in total. The lowest BCUT2D eigenvalue weighted by atomic mass is 10.3. The molecule has 8 heteroatoms. The second-order valence-electron chi connectivity index (χ2n) is 5.16. The van der Waals surface area contributed by atoms with Crippen molar-refractivity contribution in [2.24, 2.45) is 4.99 Å². The van der Waals surface area contributed by atoms with Gasteiger partial charge >= 0.3 is 0 Å². The highest BCUT2D eigenvalue weighted by Crippen LogP contribution is 1.98. The van der Waals surface area contributed by atoms with Crippen molar-refractivity contribution in [2.75, 3.05) is 45.9 Å². The van der Waals surface area contributed by atoms with Crippen LogP contribution < -0.4 is 10.6 Å². The van der Waals surface area contributed by atoms with Crippen molar-refractivity contribution in [1.82, 2.24) is 25.7 Å². The second-order valence-corrected chi connectivity index (χ2v) is 5.16. The van der Waals surface area contributed by atoms with Crippen LogP contribution in [0.2, 0.25) is 0 Å². The van der Waals surface area contributed by atoms with Crippen LogP contribution in [0.5, 0.6) is 0 Å². The van der Waals surface area contributed by atoms with Crippen LogP contribution in [0.15, 0.2) is 9.52 Å². The quantitative estimate of drug-likeness (QED) is 0.421. The molecule has 2 N–H and O–H groups in total. The zero-order chi connectivity index (χ0) is 15.6. The summed E-state index contributed by atoms with van der Waals surface area (Å²) in [6, 6.07) is 0. The molecule has 1 aliphatic heterocycles. The third-order valence-electron chi connectivity index (χ3n) is 3.33. The monoisotopic (exact) mass is 310 g/mol. The molecular formula is C14H26N6O2. The number of morpholine rings is 1. The van der Waals surface area contributed by atoms with E-state index in [0.717, 1.165) is 58.3 Å². The van der Waals surface area contributed by atoms with E-state index < -0.39 is 0 Å². The third kappa shape index (κ3) is 5.98. The summed E-state index contributed by atoms with van der Waals surface area (Å²) in [5.74, 6) is 1.94.